The minimum Gasteiger partial charge on any atom is -0.497 e. The average Bonchev–Trinajstić information content (AvgIpc) is 3.15. The van der Waals surface area contributed by atoms with Gasteiger partial charge in [0, 0.05) is 10.9 Å². The third kappa shape index (κ3) is 3.44. The van der Waals surface area contributed by atoms with Crippen LogP contribution in [0.15, 0.2) is 61.2 Å². The van der Waals surface area contributed by atoms with Crippen LogP contribution in [0.25, 0.3) is 0 Å². The summed E-state index contributed by atoms with van der Waals surface area (Å²) in [6, 6.07) is 16.4. The largest absolute Gasteiger partial charge is 0.497 e. The maximum atomic E-state index is 6.05. The molecular weight excluding hydrogens is 322 g/mol. The van der Waals surface area contributed by atoms with Crippen molar-refractivity contribution in [3.63, 3.8) is 0 Å². The molecule has 0 fully saturated rings. The first-order chi connectivity index (χ1) is 11.7. The Morgan fingerprint density at radius 1 is 0.958 bits per heavy atom. The second-order valence-corrected chi connectivity index (χ2v) is 6.13. The molecule has 124 valence electrons. The van der Waals surface area contributed by atoms with Crippen molar-refractivity contribution in [1.82, 2.24) is 14.8 Å². The molecule has 3 aromatic rings. The van der Waals surface area contributed by atoms with Crippen molar-refractivity contribution in [3.8, 4) is 5.75 Å². The minimum atomic E-state index is 0.108. The van der Waals surface area contributed by atoms with Crippen molar-refractivity contribution < 1.29 is 4.74 Å². The molecule has 5 heteroatoms. The van der Waals surface area contributed by atoms with Crippen LogP contribution in [-0.4, -0.2) is 21.9 Å². The molecule has 0 spiro atoms. The van der Waals surface area contributed by atoms with Crippen LogP contribution in [0.1, 0.15) is 36.4 Å². The summed E-state index contributed by atoms with van der Waals surface area (Å²) in [6.07, 6.45) is 4.53. The van der Waals surface area contributed by atoms with Crippen molar-refractivity contribution in [2.24, 2.45) is 0 Å². The summed E-state index contributed by atoms with van der Waals surface area (Å²) < 4.78 is 7.34. The van der Waals surface area contributed by atoms with Gasteiger partial charge in [-0.05, 0) is 41.8 Å². The van der Waals surface area contributed by atoms with Crippen LogP contribution in [0.4, 0.5) is 0 Å². The molecule has 4 nitrogen and oxygen atoms in total. The second-order valence-electron chi connectivity index (χ2n) is 5.69. The van der Waals surface area contributed by atoms with E-state index in [0.717, 1.165) is 17.2 Å². The zero-order chi connectivity index (χ0) is 16.9. The van der Waals surface area contributed by atoms with Gasteiger partial charge in [-0.3, -0.25) is 0 Å². The second kappa shape index (κ2) is 7.49. The predicted molar refractivity (Wildman–Crippen MR) is 95.6 cm³/mol. The van der Waals surface area contributed by atoms with Gasteiger partial charge in [0.1, 0.15) is 18.4 Å². The summed E-state index contributed by atoms with van der Waals surface area (Å²) in [5, 5.41) is 8.74. The van der Waals surface area contributed by atoms with Crippen molar-refractivity contribution >= 4 is 11.6 Å². The zero-order valence-corrected chi connectivity index (χ0v) is 14.5. The minimum absolute atomic E-state index is 0.108. The first-order valence-electron chi connectivity index (χ1n) is 7.96. The molecule has 0 aliphatic rings. The van der Waals surface area contributed by atoms with Crippen molar-refractivity contribution in [3.05, 3.63) is 77.3 Å². The topological polar surface area (TPSA) is 39.9 Å². The van der Waals surface area contributed by atoms with Crippen molar-refractivity contribution in [1.29, 1.82) is 0 Å². The predicted octanol–water partition coefficient (Wildman–Crippen LogP) is 4.72. The van der Waals surface area contributed by atoms with Crippen molar-refractivity contribution in [2.45, 2.75) is 25.3 Å². The van der Waals surface area contributed by atoms with Gasteiger partial charge in [0.05, 0.1) is 13.2 Å². The SMILES string of the molecule is CC[C@@H](c1ccc(Cl)cc1)[C@@H](c1ccc(OC)cc1)n1cnnc1. The lowest BCUT2D eigenvalue weighted by atomic mass is 9.85. The highest BCUT2D eigenvalue weighted by atomic mass is 35.5. The first kappa shape index (κ1) is 16.5. The van der Waals surface area contributed by atoms with E-state index in [1.807, 2.05) is 24.3 Å². The number of aromatic nitrogens is 3. The molecule has 0 amide bonds. The fourth-order valence-corrected chi connectivity index (χ4v) is 3.24. The molecule has 0 unspecified atom stereocenters. The fourth-order valence-electron chi connectivity index (χ4n) is 3.12. The number of nitrogens with zero attached hydrogens (tertiary/aromatic N) is 3. The zero-order valence-electron chi connectivity index (χ0n) is 13.8. The number of methoxy groups -OCH3 is 1. The molecule has 1 aromatic heterocycles. The van der Waals surface area contributed by atoms with E-state index in [9.17, 15) is 0 Å². The Balaban J connectivity index is 2.04. The van der Waals surface area contributed by atoms with Gasteiger partial charge in [-0.25, -0.2) is 0 Å². The Morgan fingerprint density at radius 3 is 2.08 bits per heavy atom. The molecule has 2 aromatic carbocycles. The van der Waals surface area contributed by atoms with E-state index in [-0.39, 0.29) is 12.0 Å². The molecule has 0 radical (unpaired) electrons. The Kier molecular flexibility index (Phi) is 5.16. The van der Waals surface area contributed by atoms with Gasteiger partial charge in [0.15, 0.2) is 0 Å². The van der Waals surface area contributed by atoms with Gasteiger partial charge >= 0.3 is 0 Å². The first-order valence-corrected chi connectivity index (χ1v) is 8.34. The Morgan fingerprint density at radius 2 is 1.54 bits per heavy atom. The van der Waals surface area contributed by atoms with E-state index < -0.39 is 0 Å². The third-order valence-electron chi connectivity index (χ3n) is 4.33. The Hall–Kier alpha value is -2.33. The molecule has 3 rings (SSSR count). The molecule has 1 heterocycles. The molecule has 24 heavy (non-hydrogen) atoms. The van der Waals surface area contributed by atoms with E-state index in [0.29, 0.717) is 0 Å². The molecule has 0 saturated heterocycles. The number of benzene rings is 2. The van der Waals surface area contributed by atoms with Crippen LogP contribution in [0, 0.1) is 0 Å². The monoisotopic (exact) mass is 341 g/mol. The fraction of sp³-hybridized carbons (Fsp3) is 0.263. The van der Waals surface area contributed by atoms with E-state index in [4.69, 9.17) is 16.3 Å². The molecule has 0 bridgehead atoms. The van der Waals surface area contributed by atoms with Gasteiger partial charge in [-0.15, -0.1) is 10.2 Å². The van der Waals surface area contributed by atoms with Crippen LogP contribution in [-0.2, 0) is 0 Å². The number of hydrogen-bond donors (Lipinski definition) is 0. The Bertz CT molecular complexity index is 754. The normalized spacial score (nSPS) is 13.5. The van der Waals surface area contributed by atoms with E-state index >= 15 is 0 Å². The van der Waals surface area contributed by atoms with Gasteiger partial charge in [-0.2, -0.15) is 0 Å². The van der Waals surface area contributed by atoms with Gasteiger partial charge < -0.3 is 9.30 Å². The molecule has 0 saturated carbocycles. The standard InChI is InChI=1S/C19H20ClN3O/c1-3-18(14-4-8-16(20)9-5-14)19(23-12-21-22-13-23)15-6-10-17(24-2)11-7-15/h4-13,18-19H,3H2,1-2H3/t18-,19+/m0/s1. The van der Waals surface area contributed by atoms with Gasteiger partial charge in [0.25, 0.3) is 0 Å². The van der Waals surface area contributed by atoms with Crippen LogP contribution < -0.4 is 4.74 Å². The summed E-state index contributed by atoms with van der Waals surface area (Å²) in [5.74, 6) is 1.13. The van der Waals surface area contributed by atoms with Crippen LogP contribution >= 0.6 is 11.6 Å². The van der Waals surface area contributed by atoms with Gasteiger partial charge in [0.2, 0.25) is 0 Å². The molecule has 0 N–H and O–H groups in total. The average molecular weight is 342 g/mol. The van der Waals surface area contributed by atoms with Crippen LogP contribution in [0.3, 0.4) is 0 Å². The van der Waals surface area contributed by atoms with Gasteiger partial charge in [-0.1, -0.05) is 42.8 Å². The number of hydrogen-bond acceptors (Lipinski definition) is 3. The van der Waals surface area contributed by atoms with E-state index in [2.05, 4.69) is 46.0 Å². The van der Waals surface area contributed by atoms with E-state index in [1.165, 1.54) is 11.1 Å². The molecule has 0 aliphatic heterocycles. The summed E-state index contributed by atoms with van der Waals surface area (Å²) in [4.78, 5) is 0. The third-order valence-corrected chi connectivity index (χ3v) is 4.59. The summed E-state index contributed by atoms with van der Waals surface area (Å²) in [6.45, 7) is 2.19. The van der Waals surface area contributed by atoms with Crippen LogP contribution in [0.2, 0.25) is 5.02 Å². The summed E-state index contributed by atoms with van der Waals surface area (Å²) in [5.41, 5.74) is 2.44. The lowest BCUT2D eigenvalue weighted by Crippen LogP contribution is -2.18. The Labute approximate surface area is 147 Å². The number of rotatable bonds is 6. The van der Waals surface area contributed by atoms with E-state index in [1.54, 1.807) is 19.8 Å². The highest BCUT2D eigenvalue weighted by Crippen LogP contribution is 2.37. The highest BCUT2D eigenvalue weighted by Gasteiger charge is 2.25. The summed E-state index contributed by atoms with van der Waals surface area (Å²) in [7, 11) is 1.68. The number of halogens is 1. The maximum Gasteiger partial charge on any atom is 0.119 e. The van der Waals surface area contributed by atoms with Crippen molar-refractivity contribution in [2.75, 3.05) is 7.11 Å². The molecule has 0 aliphatic carbocycles. The summed E-state index contributed by atoms with van der Waals surface area (Å²) >= 11 is 6.05. The highest BCUT2D eigenvalue weighted by molar-refractivity contribution is 6.30. The lowest BCUT2D eigenvalue weighted by Gasteiger charge is -2.28. The molecular formula is C19H20ClN3O. The maximum absolute atomic E-state index is 6.05. The molecule has 2 atom stereocenters. The number of ether oxygens (including phenoxy) is 1. The van der Waals surface area contributed by atoms with Crippen LogP contribution in [0.5, 0.6) is 5.75 Å². The lowest BCUT2D eigenvalue weighted by molar-refractivity contribution is 0.413. The smallest absolute Gasteiger partial charge is 0.119 e. The quantitative estimate of drug-likeness (QED) is 0.651.